The van der Waals surface area contributed by atoms with Gasteiger partial charge in [0.25, 0.3) is 11.8 Å². The number of thiocarbonyl (C=S) groups is 1. The van der Waals surface area contributed by atoms with Crippen molar-refractivity contribution >= 4 is 52.1 Å². The molecule has 0 fully saturated rings. The molecule has 3 N–H and O–H groups in total. The second-order valence-electron chi connectivity index (χ2n) is 6.05. The van der Waals surface area contributed by atoms with Gasteiger partial charge in [0, 0.05) is 16.9 Å². The molecule has 0 aliphatic carbocycles. The normalized spacial score (nSPS) is 10.2. The second kappa shape index (κ2) is 9.43. The third-order valence-corrected chi connectivity index (χ3v) is 4.40. The fourth-order valence-electron chi connectivity index (χ4n) is 2.49. The first kappa shape index (κ1) is 21.4. The zero-order chi connectivity index (χ0) is 21.7. The van der Waals surface area contributed by atoms with Crippen molar-refractivity contribution in [3.05, 3.63) is 94.5 Å². The minimum atomic E-state index is -0.701. The minimum absolute atomic E-state index is 0.0638. The summed E-state index contributed by atoms with van der Waals surface area (Å²) in [5.74, 6) is -2.42. The topological polar surface area (TPSA) is 70.2 Å². The number of rotatable bonds is 4. The number of hydrogen-bond donors (Lipinski definition) is 3. The summed E-state index contributed by atoms with van der Waals surface area (Å²) in [5, 5.41) is 7.57. The van der Waals surface area contributed by atoms with Crippen LogP contribution in [0.2, 0.25) is 5.02 Å². The first-order valence-electron chi connectivity index (χ1n) is 8.57. The van der Waals surface area contributed by atoms with E-state index in [9.17, 15) is 18.4 Å². The number of amides is 2. The number of carbonyl (C=O) groups is 2. The Hall–Kier alpha value is -3.36. The summed E-state index contributed by atoms with van der Waals surface area (Å²) in [6, 6.07) is 15.6. The molecular weight excluding hydrogens is 432 g/mol. The van der Waals surface area contributed by atoms with Crippen molar-refractivity contribution in [2.45, 2.75) is 0 Å². The first-order chi connectivity index (χ1) is 14.3. The van der Waals surface area contributed by atoms with E-state index in [4.69, 9.17) is 23.8 Å². The highest BCUT2D eigenvalue weighted by Crippen LogP contribution is 2.20. The van der Waals surface area contributed by atoms with E-state index < -0.39 is 23.4 Å². The molecule has 0 atom stereocenters. The van der Waals surface area contributed by atoms with Crippen LogP contribution in [0.4, 0.5) is 20.2 Å². The van der Waals surface area contributed by atoms with Crippen LogP contribution in [0.3, 0.4) is 0 Å². The van der Waals surface area contributed by atoms with Crippen LogP contribution in [0, 0.1) is 11.6 Å². The number of nitrogens with one attached hydrogen (secondary N) is 3. The Kier molecular flexibility index (Phi) is 6.71. The highest BCUT2D eigenvalue weighted by atomic mass is 35.5. The summed E-state index contributed by atoms with van der Waals surface area (Å²) >= 11 is 10.8. The third kappa shape index (κ3) is 5.37. The van der Waals surface area contributed by atoms with Crippen LogP contribution in [0.1, 0.15) is 20.7 Å². The lowest BCUT2D eigenvalue weighted by atomic mass is 10.2. The Morgan fingerprint density at radius 2 is 1.53 bits per heavy atom. The van der Waals surface area contributed by atoms with Crippen molar-refractivity contribution in [1.82, 2.24) is 5.32 Å². The summed E-state index contributed by atoms with van der Waals surface area (Å²) < 4.78 is 26.9. The lowest BCUT2D eigenvalue weighted by Crippen LogP contribution is -2.34. The maximum Gasteiger partial charge on any atom is 0.260 e. The standard InChI is InChI=1S/C21H14ClF2N3O2S/c22-16-11-14(8-9-18(16)24)25-19(28)12-4-3-5-13(10-12)26-21(30)27-20(29)15-6-1-2-7-17(15)23/h1-11H,(H,25,28)(H2,26,27,29,30). The van der Waals surface area contributed by atoms with Gasteiger partial charge in [-0.3, -0.25) is 14.9 Å². The van der Waals surface area contributed by atoms with Gasteiger partial charge in [-0.1, -0.05) is 29.8 Å². The van der Waals surface area contributed by atoms with Crippen molar-refractivity contribution in [2.24, 2.45) is 0 Å². The summed E-state index contributed by atoms with van der Waals surface area (Å²) in [6.45, 7) is 0. The maximum absolute atomic E-state index is 13.7. The van der Waals surface area contributed by atoms with Crippen LogP contribution in [-0.4, -0.2) is 16.9 Å². The molecule has 3 rings (SSSR count). The number of anilines is 2. The summed E-state index contributed by atoms with van der Waals surface area (Å²) in [4.78, 5) is 24.5. The molecular formula is C21H14ClF2N3O2S. The fraction of sp³-hybridized carbons (Fsp3) is 0. The summed E-state index contributed by atoms with van der Waals surface area (Å²) in [5.41, 5.74) is 0.896. The number of halogens is 3. The van der Waals surface area contributed by atoms with Crippen molar-refractivity contribution in [1.29, 1.82) is 0 Å². The number of hydrogen-bond acceptors (Lipinski definition) is 3. The SMILES string of the molecule is O=C(Nc1ccc(F)c(Cl)c1)c1cccc(NC(=S)NC(=O)c2ccccc2F)c1. The van der Waals surface area contributed by atoms with E-state index >= 15 is 0 Å². The van der Waals surface area contributed by atoms with Crippen molar-refractivity contribution in [3.8, 4) is 0 Å². The molecule has 5 nitrogen and oxygen atoms in total. The van der Waals surface area contributed by atoms with Gasteiger partial charge in [-0.15, -0.1) is 0 Å². The smallest absolute Gasteiger partial charge is 0.260 e. The maximum atomic E-state index is 13.7. The van der Waals surface area contributed by atoms with Crippen LogP contribution in [0.5, 0.6) is 0 Å². The Labute approximate surface area is 181 Å². The van der Waals surface area contributed by atoms with Gasteiger partial charge in [-0.05, 0) is 60.7 Å². The van der Waals surface area contributed by atoms with Gasteiger partial charge in [0.1, 0.15) is 11.6 Å². The number of benzene rings is 3. The predicted molar refractivity (Wildman–Crippen MR) is 116 cm³/mol. The predicted octanol–water partition coefficient (Wildman–Crippen LogP) is 5.00. The lowest BCUT2D eigenvalue weighted by molar-refractivity contribution is 0.0972. The van der Waals surface area contributed by atoms with Gasteiger partial charge in [-0.25, -0.2) is 8.78 Å². The second-order valence-corrected chi connectivity index (χ2v) is 6.87. The van der Waals surface area contributed by atoms with Gasteiger partial charge in [0.05, 0.1) is 10.6 Å². The Morgan fingerprint density at radius 3 is 2.27 bits per heavy atom. The van der Waals surface area contributed by atoms with E-state index in [0.29, 0.717) is 11.4 Å². The quantitative estimate of drug-likeness (QED) is 0.494. The fourth-order valence-corrected chi connectivity index (χ4v) is 2.88. The molecule has 2 amide bonds. The highest BCUT2D eigenvalue weighted by Gasteiger charge is 2.13. The average molecular weight is 446 g/mol. The van der Waals surface area contributed by atoms with Gasteiger partial charge < -0.3 is 10.6 Å². The molecule has 0 aliphatic rings. The van der Waals surface area contributed by atoms with E-state index in [-0.39, 0.29) is 21.3 Å². The molecule has 9 heteroatoms. The zero-order valence-electron chi connectivity index (χ0n) is 15.2. The molecule has 0 aliphatic heterocycles. The van der Waals surface area contributed by atoms with E-state index in [1.807, 2.05) is 0 Å². The minimum Gasteiger partial charge on any atom is -0.332 e. The van der Waals surface area contributed by atoms with E-state index in [2.05, 4.69) is 16.0 Å². The van der Waals surface area contributed by atoms with Crippen molar-refractivity contribution in [3.63, 3.8) is 0 Å². The molecule has 0 saturated carbocycles. The van der Waals surface area contributed by atoms with Crippen LogP contribution in [0.15, 0.2) is 66.7 Å². The largest absolute Gasteiger partial charge is 0.332 e. The molecule has 0 radical (unpaired) electrons. The van der Waals surface area contributed by atoms with Crippen LogP contribution < -0.4 is 16.0 Å². The molecule has 0 bridgehead atoms. The Bertz CT molecular complexity index is 1140. The molecule has 0 aromatic heterocycles. The van der Waals surface area contributed by atoms with Gasteiger partial charge in [-0.2, -0.15) is 0 Å². The van der Waals surface area contributed by atoms with Crippen LogP contribution in [-0.2, 0) is 0 Å². The van der Waals surface area contributed by atoms with E-state index in [1.165, 1.54) is 42.5 Å². The van der Waals surface area contributed by atoms with E-state index in [0.717, 1.165) is 6.07 Å². The molecule has 30 heavy (non-hydrogen) atoms. The average Bonchev–Trinajstić information content (AvgIpc) is 2.71. The van der Waals surface area contributed by atoms with Crippen LogP contribution in [0.25, 0.3) is 0 Å². The highest BCUT2D eigenvalue weighted by molar-refractivity contribution is 7.80. The van der Waals surface area contributed by atoms with Crippen LogP contribution >= 0.6 is 23.8 Å². The monoisotopic (exact) mass is 445 g/mol. The Balaban J connectivity index is 1.65. The van der Waals surface area contributed by atoms with E-state index in [1.54, 1.807) is 18.2 Å². The number of carbonyl (C=O) groups excluding carboxylic acids is 2. The van der Waals surface area contributed by atoms with Crippen molar-refractivity contribution in [2.75, 3.05) is 10.6 Å². The zero-order valence-corrected chi connectivity index (χ0v) is 16.8. The molecule has 0 spiro atoms. The Morgan fingerprint density at radius 1 is 0.800 bits per heavy atom. The van der Waals surface area contributed by atoms with Gasteiger partial charge >= 0.3 is 0 Å². The van der Waals surface area contributed by atoms with Crippen molar-refractivity contribution < 1.29 is 18.4 Å². The van der Waals surface area contributed by atoms with Gasteiger partial charge in [0.2, 0.25) is 0 Å². The molecule has 3 aromatic carbocycles. The first-order valence-corrected chi connectivity index (χ1v) is 9.35. The molecule has 3 aromatic rings. The summed E-state index contributed by atoms with van der Waals surface area (Å²) in [7, 11) is 0. The third-order valence-electron chi connectivity index (χ3n) is 3.91. The summed E-state index contributed by atoms with van der Waals surface area (Å²) in [6.07, 6.45) is 0. The molecule has 152 valence electrons. The molecule has 0 unspecified atom stereocenters. The lowest BCUT2D eigenvalue weighted by Gasteiger charge is -2.11. The molecule has 0 saturated heterocycles. The van der Waals surface area contributed by atoms with Gasteiger partial charge in [0.15, 0.2) is 5.11 Å². The molecule has 0 heterocycles.